The molecule has 0 atom stereocenters. The highest BCUT2D eigenvalue weighted by atomic mass is 79.9. The molecule has 2 aromatic rings. The van der Waals surface area contributed by atoms with Crippen molar-refractivity contribution in [2.75, 3.05) is 0 Å². The summed E-state index contributed by atoms with van der Waals surface area (Å²) in [6.07, 6.45) is 1.32. The summed E-state index contributed by atoms with van der Waals surface area (Å²) in [5.41, 5.74) is 2.64. The Bertz CT molecular complexity index is 814. The topological polar surface area (TPSA) is 84.6 Å². The Morgan fingerprint density at radius 1 is 1.35 bits per heavy atom. The lowest BCUT2D eigenvalue weighted by Gasteiger charge is -2.02. The highest BCUT2D eigenvalue weighted by molar-refractivity contribution is 9.10. The summed E-state index contributed by atoms with van der Waals surface area (Å²) < 4.78 is 13.4. The molecule has 0 saturated carbocycles. The minimum Gasteiger partial charge on any atom is -0.267 e. The van der Waals surface area contributed by atoms with Crippen molar-refractivity contribution in [2.24, 2.45) is 5.10 Å². The number of nitrogens with zero attached hydrogens (tertiary/aromatic N) is 2. The Morgan fingerprint density at radius 3 is 2.70 bits per heavy atom. The van der Waals surface area contributed by atoms with E-state index in [2.05, 4.69) is 26.5 Å². The van der Waals surface area contributed by atoms with Gasteiger partial charge < -0.3 is 0 Å². The number of hydrogen-bond acceptors (Lipinski definition) is 4. The second kappa shape index (κ2) is 7.30. The van der Waals surface area contributed by atoms with Crippen molar-refractivity contribution in [3.63, 3.8) is 0 Å². The minimum absolute atomic E-state index is 0.0507. The third kappa shape index (κ3) is 4.33. The zero-order valence-electron chi connectivity index (χ0n) is 11.3. The van der Waals surface area contributed by atoms with Crippen molar-refractivity contribution < 1.29 is 14.1 Å². The van der Waals surface area contributed by atoms with E-state index in [1.54, 1.807) is 0 Å². The van der Waals surface area contributed by atoms with Crippen LogP contribution in [-0.2, 0) is 0 Å². The molecule has 0 aromatic heterocycles. The summed E-state index contributed by atoms with van der Waals surface area (Å²) >= 11 is 8.87. The van der Waals surface area contributed by atoms with Crippen molar-refractivity contribution in [2.45, 2.75) is 0 Å². The van der Waals surface area contributed by atoms with Gasteiger partial charge in [0.15, 0.2) is 0 Å². The molecule has 0 radical (unpaired) electrons. The van der Waals surface area contributed by atoms with Crippen LogP contribution in [0.4, 0.5) is 10.1 Å². The Balaban J connectivity index is 2.08. The van der Waals surface area contributed by atoms with Crippen molar-refractivity contribution in [3.05, 3.63) is 73.0 Å². The van der Waals surface area contributed by atoms with E-state index in [1.807, 2.05) is 0 Å². The first-order valence-corrected chi connectivity index (χ1v) is 7.28. The molecule has 0 fully saturated rings. The van der Waals surface area contributed by atoms with Gasteiger partial charge in [-0.1, -0.05) is 17.7 Å². The lowest BCUT2D eigenvalue weighted by molar-refractivity contribution is -0.384. The molecule has 23 heavy (non-hydrogen) atoms. The average molecular weight is 401 g/mol. The molecule has 0 spiro atoms. The third-order valence-corrected chi connectivity index (χ3v) is 3.65. The van der Waals surface area contributed by atoms with Gasteiger partial charge in [-0.25, -0.2) is 9.82 Å². The number of hydrazone groups is 1. The SMILES string of the molecule is O=C(N/N=C\c1ccc(F)c(Br)c1)c1ccc([N+](=O)[O-])cc1Cl. The highest BCUT2D eigenvalue weighted by Gasteiger charge is 2.14. The Morgan fingerprint density at radius 2 is 2.09 bits per heavy atom. The molecule has 2 aromatic carbocycles. The summed E-state index contributed by atoms with van der Waals surface area (Å²) in [5.74, 6) is -1.04. The number of nitro benzene ring substituents is 1. The first-order valence-electron chi connectivity index (χ1n) is 6.11. The number of rotatable bonds is 4. The number of benzene rings is 2. The van der Waals surface area contributed by atoms with Crippen molar-refractivity contribution in [1.82, 2.24) is 5.43 Å². The number of amides is 1. The number of carbonyl (C=O) groups excluding carboxylic acids is 1. The quantitative estimate of drug-likeness (QED) is 0.480. The zero-order chi connectivity index (χ0) is 17.0. The number of carbonyl (C=O) groups is 1. The molecular weight excluding hydrogens is 393 g/mol. The summed E-state index contributed by atoms with van der Waals surface area (Å²) in [4.78, 5) is 21.9. The van der Waals surface area contributed by atoms with Gasteiger partial charge >= 0.3 is 0 Å². The number of hydrogen-bond donors (Lipinski definition) is 1. The predicted octanol–water partition coefficient (Wildman–Crippen LogP) is 3.91. The summed E-state index contributed by atoms with van der Waals surface area (Å²) in [5, 5.41) is 14.3. The predicted molar refractivity (Wildman–Crippen MR) is 87.3 cm³/mol. The molecule has 1 N–H and O–H groups in total. The van der Waals surface area contributed by atoms with Crippen molar-refractivity contribution in [1.29, 1.82) is 0 Å². The molecule has 0 unspecified atom stereocenters. The van der Waals surface area contributed by atoms with Gasteiger partial charge in [0.2, 0.25) is 0 Å². The number of halogens is 3. The molecular formula is C14H8BrClFN3O3. The monoisotopic (exact) mass is 399 g/mol. The normalized spacial score (nSPS) is 10.7. The van der Waals surface area contributed by atoms with E-state index >= 15 is 0 Å². The van der Waals surface area contributed by atoms with Crippen molar-refractivity contribution >= 4 is 45.3 Å². The first kappa shape index (κ1) is 17.0. The van der Waals surface area contributed by atoms with Crippen LogP contribution in [0, 0.1) is 15.9 Å². The number of nitrogens with one attached hydrogen (secondary N) is 1. The fourth-order valence-corrected chi connectivity index (χ4v) is 2.28. The maximum Gasteiger partial charge on any atom is 0.272 e. The first-order chi connectivity index (χ1) is 10.9. The van der Waals surface area contributed by atoms with Crippen LogP contribution in [0.3, 0.4) is 0 Å². The van der Waals surface area contributed by atoms with Gasteiger partial charge in [-0.2, -0.15) is 5.10 Å². The fourth-order valence-electron chi connectivity index (χ4n) is 1.62. The van der Waals surface area contributed by atoms with E-state index in [1.165, 1.54) is 36.5 Å². The molecule has 118 valence electrons. The summed E-state index contributed by atoms with van der Waals surface area (Å²) in [6.45, 7) is 0. The van der Waals surface area contributed by atoms with Gasteiger partial charge in [0, 0.05) is 12.1 Å². The van der Waals surface area contributed by atoms with Gasteiger partial charge in [0.25, 0.3) is 11.6 Å². The van der Waals surface area contributed by atoms with Crippen LogP contribution < -0.4 is 5.43 Å². The van der Waals surface area contributed by atoms with Crippen molar-refractivity contribution in [3.8, 4) is 0 Å². The minimum atomic E-state index is -0.623. The lowest BCUT2D eigenvalue weighted by atomic mass is 10.2. The van der Waals surface area contributed by atoms with Crippen LogP contribution in [0.15, 0.2) is 46.0 Å². The van der Waals surface area contributed by atoms with Gasteiger partial charge in [0.05, 0.1) is 26.2 Å². The van der Waals surface area contributed by atoms with E-state index in [4.69, 9.17) is 11.6 Å². The van der Waals surface area contributed by atoms with E-state index in [-0.39, 0.29) is 20.7 Å². The third-order valence-electron chi connectivity index (χ3n) is 2.73. The second-order valence-corrected chi connectivity index (χ2v) is 5.56. The maximum absolute atomic E-state index is 13.1. The van der Waals surface area contributed by atoms with Gasteiger partial charge in [-0.3, -0.25) is 14.9 Å². The van der Waals surface area contributed by atoms with Crippen LogP contribution in [0.2, 0.25) is 5.02 Å². The van der Waals surface area contributed by atoms with E-state index in [9.17, 15) is 19.3 Å². The molecule has 0 heterocycles. The Kier molecular flexibility index (Phi) is 5.41. The van der Waals surface area contributed by atoms with Crippen LogP contribution in [0.25, 0.3) is 0 Å². The van der Waals surface area contributed by atoms with E-state index < -0.39 is 16.6 Å². The van der Waals surface area contributed by atoms with E-state index in [0.29, 0.717) is 5.56 Å². The summed E-state index contributed by atoms with van der Waals surface area (Å²) in [6, 6.07) is 7.71. The largest absolute Gasteiger partial charge is 0.272 e. The molecule has 0 aliphatic carbocycles. The number of non-ortho nitro benzene ring substituents is 1. The van der Waals surface area contributed by atoms with Gasteiger partial charge in [-0.15, -0.1) is 0 Å². The lowest BCUT2D eigenvalue weighted by Crippen LogP contribution is -2.18. The van der Waals surface area contributed by atoms with Gasteiger partial charge in [-0.05, 0) is 39.7 Å². The summed E-state index contributed by atoms with van der Waals surface area (Å²) in [7, 11) is 0. The molecule has 0 bridgehead atoms. The smallest absolute Gasteiger partial charge is 0.267 e. The molecule has 0 aliphatic rings. The molecule has 0 aliphatic heterocycles. The van der Waals surface area contributed by atoms with Crippen LogP contribution in [0.1, 0.15) is 15.9 Å². The standard InChI is InChI=1S/C14H8BrClFN3O3/c15-11-5-8(1-4-13(11)17)7-18-19-14(21)10-3-2-9(20(22)23)6-12(10)16/h1-7H,(H,19,21)/b18-7-. The Labute approximate surface area is 143 Å². The van der Waals surface area contributed by atoms with Gasteiger partial charge in [0.1, 0.15) is 5.82 Å². The van der Waals surface area contributed by atoms with Crippen LogP contribution in [0.5, 0.6) is 0 Å². The maximum atomic E-state index is 13.1. The molecule has 9 heteroatoms. The average Bonchev–Trinajstić information content (AvgIpc) is 2.50. The fraction of sp³-hybridized carbons (Fsp3) is 0. The highest BCUT2D eigenvalue weighted by Crippen LogP contribution is 2.22. The Hall–Kier alpha value is -2.32. The molecule has 6 nitrogen and oxygen atoms in total. The zero-order valence-corrected chi connectivity index (χ0v) is 13.6. The molecule has 0 saturated heterocycles. The van der Waals surface area contributed by atoms with Crippen LogP contribution in [-0.4, -0.2) is 17.0 Å². The van der Waals surface area contributed by atoms with Crippen LogP contribution >= 0.6 is 27.5 Å². The molecule has 2 rings (SSSR count). The number of nitro groups is 1. The van der Waals surface area contributed by atoms with E-state index in [0.717, 1.165) is 6.07 Å². The second-order valence-electron chi connectivity index (χ2n) is 4.29. The molecule has 1 amide bonds.